The molecule has 0 rings (SSSR count). The molecule has 0 bridgehead atoms. The van der Waals surface area contributed by atoms with Gasteiger partial charge in [0.1, 0.15) is 19.3 Å². The van der Waals surface area contributed by atoms with Gasteiger partial charge in [0.15, 0.2) is 12.2 Å². The number of aliphatic hydroxyl groups excluding tert-OH is 1. The van der Waals surface area contributed by atoms with Gasteiger partial charge in [0, 0.05) is 25.7 Å². The number of rotatable bonds is 70. The lowest BCUT2D eigenvalue weighted by Gasteiger charge is -2.21. The number of phosphoric ester groups is 2. The van der Waals surface area contributed by atoms with Gasteiger partial charge in [0.05, 0.1) is 26.4 Å². The molecule has 19 heteroatoms. The third kappa shape index (κ3) is 63.5. The lowest BCUT2D eigenvalue weighted by molar-refractivity contribution is -0.161. The van der Waals surface area contributed by atoms with Crippen LogP contribution in [-0.4, -0.2) is 96.7 Å². The van der Waals surface area contributed by atoms with E-state index in [1.165, 1.54) is 173 Å². The third-order valence-electron chi connectivity index (χ3n) is 16.8. The predicted molar refractivity (Wildman–Crippen MR) is 363 cm³/mol. The van der Waals surface area contributed by atoms with Gasteiger partial charge in [-0.2, -0.15) is 0 Å². The third-order valence-corrected chi connectivity index (χ3v) is 18.7. The average molecular weight is 1330 g/mol. The molecular formula is C71H138O17P2. The molecule has 0 fully saturated rings. The first kappa shape index (κ1) is 88.1. The zero-order chi connectivity index (χ0) is 66.5. The molecule has 6 atom stereocenters. The normalized spacial score (nSPS) is 14.4. The first-order chi connectivity index (χ1) is 43.4. The van der Waals surface area contributed by atoms with Crippen molar-refractivity contribution in [2.24, 2.45) is 11.8 Å². The minimum Gasteiger partial charge on any atom is -0.462 e. The Hall–Kier alpha value is -1.94. The van der Waals surface area contributed by atoms with E-state index in [2.05, 4.69) is 41.5 Å². The number of ether oxygens (including phenoxy) is 4. The molecule has 0 radical (unpaired) electrons. The maximum absolute atomic E-state index is 13.0. The van der Waals surface area contributed by atoms with Gasteiger partial charge in [0.25, 0.3) is 0 Å². The Bertz CT molecular complexity index is 1750. The topological polar surface area (TPSA) is 237 Å². The average Bonchev–Trinajstić information content (AvgIpc) is 3.55. The van der Waals surface area contributed by atoms with E-state index in [9.17, 15) is 43.2 Å². The summed E-state index contributed by atoms with van der Waals surface area (Å²) in [4.78, 5) is 72.3. The smallest absolute Gasteiger partial charge is 0.462 e. The molecule has 0 aliphatic heterocycles. The fraction of sp³-hybridized carbons (Fsp3) is 0.944. The van der Waals surface area contributed by atoms with Crippen LogP contribution < -0.4 is 0 Å². The number of carbonyl (C=O) groups is 4. The van der Waals surface area contributed by atoms with Crippen LogP contribution in [0, 0.1) is 11.8 Å². The molecule has 17 nitrogen and oxygen atoms in total. The van der Waals surface area contributed by atoms with Gasteiger partial charge < -0.3 is 33.8 Å². The number of aliphatic hydroxyl groups is 1. The Kier molecular flexibility index (Phi) is 61.8. The van der Waals surface area contributed by atoms with Crippen LogP contribution in [0.25, 0.3) is 0 Å². The van der Waals surface area contributed by atoms with Crippen LogP contribution in [0.5, 0.6) is 0 Å². The molecule has 90 heavy (non-hydrogen) atoms. The van der Waals surface area contributed by atoms with E-state index in [1.807, 2.05) is 0 Å². The predicted octanol–water partition coefficient (Wildman–Crippen LogP) is 20.4. The molecule has 0 aromatic heterocycles. The van der Waals surface area contributed by atoms with Crippen molar-refractivity contribution in [3.05, 3.63) is 0 Å². The monoisotopic (exact) mass is 1320 g/mol. The Labute approximate surface area is 549 Å². The molecule has 0 aromatic rings. The molecule has 3 unspecified atom stereocenters. The summed E-state index contributed by atoms with van der Waals surface area (Å²) >= 11 is 0. The zero-order valence-corrected chi connectivity index (χ0v) is 60.2. The highest BCUT2D eigenvalue weighted by Gasteiger charge is 2.30. The quantitative estimate of drug-likeness (QED) is 0.0222. The van der Waals surface area contributed by atoms with Gasteiger partial charge in [-0.05, 0) is 37.5 Å². The molecular weight excluding hydrogens is 1190 g/mol. The van der Waals surface area contributed by atoms with E-state index in [-0.39, 0.29) is 25.7 Å². The van der Waals surface area contributed by atoms with E-state index in [0.717, 1.165) is 108 Å². The molecule has 0 aliphatic rings. The number of hydrogen-bond acceptors (Lipinski definition) is 15. The molecule has 3 N–H and O–H groups in total. The van der Waals surface area contributed by atoms with Gasteiger partial charge in [-0.1, -0.05) is 311 Å². The van der Waals surface area contributed by atoms with Crippen molar-refractivity contribution < 1.29 is 80.2 Å². The summed E-state index contributed by atoms with van der Waals surface area (Å²) in [5, 5.41) is 10.6. The summed E-state index contributed by atoms with van der Waals surface area (Å²) in [6, 6.07) is 0. The number of esters is 4. The maximum atomic E-state index is 13.0. The fourth-order valence-corrected chi connectivity index (χ4v) is 12.3. The van der Waals surface area contributed by atoms with Crippen molar-refractivity contribution in [2.45, 2.75) is 381 Å². The Balaban J connectivity index is 5.15. The van der Waals surface area contributed by atoms with Gasteiger partial charge in [-0.25, -0.2) is 9.13 Å². The molecule has 0 heterocycles. The number of carbonyl (C=O) groups excluding carboxylic acids is 4. The fourth-order valence-electron chi connectivity index (χ4n) is 10.7. The van der Waals surface area contributed by atoms with Crippen LogP contribution >= 0.6 is 15.6 Å². The highest BCUT2D eigenvalue weighted by molar-refractivity contribution is 7.47. The van der Waals surface area contributed by atoms with Gasteiger partial charge in [-0.3, -0.25) is 37.3 Å². The largest absolute Gasteiger partial charge is 0.472 e. The van der Waals surface area contributed by atoms with Crippen LogP contribution in [0.15, 0.2) is 0 Å². The minimum absolute atomic E-state index is 0.102. The zero-order valence-electron chi connectivity index (χ0n) is 58.4. The summed E-state index contributed by atoms with van der Waals surface area (Å²) in [6.07, 6.45) is 49.1. The van der Waals surface area contributed by atoms with Gasteiger partial charge >= 0.3 is 39.5 Å². The Morgan fingerprint density at radius 2 is 0.567 bits per heavy atom. The van der Waals surface area contributed by atoms with Gasteiger partial charge in [0.2, 0.25) is 0 Å². The summed E-state index contributed by atoms with van der Waals surface area (Å²) in [5.41, 5.74) is 0. The Morgan fingerprint density at radius 3 is 0.844 bits per heavy atom. The number of phosphoric acid groups is 2. The van der Waals surface area contributed by atoms with Crippen LogP contribution in [-0.2, 0) is 65.4 Å². The molecule has 0 saturated heterocycles. The summed E-state index contributed by atoms with van der Waals surface area (Å²) in [5.74, 6) is -0.617. The SMILES string of the molecule is CCCCCCCCCCCCCCCCCCCCC(=O)O[C@H](COC(=O)CCCCCCCCCCCCCCCCC(C)C)COP(=O)(O)OC[C@@H](O)COP(=O)(O)OC[C@@H](COC(=O)CCCCCCC)OC(=O)CCCCCCCCC(C)CC. The van der Waals surface area contributed by atoms with Crippen molar-refractivity contribution in [1.82, 2.24) is 0 Å². The van der Waals surface area contributed by atoms with Crippen LogP contribution in [0.4, 0.5) is 0 Å². The molecule has 0 aliphatic carbocycles. The van der Waals surface area contributed by atoms with Crippen molar-refractivity contribution in [3.63, 3.8) is 0 Å². The lowest BCUT2D eigenvalue weighted by atomic mass is 10.00. The van der Waals surface area contributed by atoms with Crippen molar-refractivity contribution in [1.29, 1.82) is 0 Å². The second-order valence-corrected chi connectivity index (χ2v) is 29.3. The summed E-state index contributed by atoms with van der Waals surface area (Å²) in [7, 11) is -9.89. The molecule has 0 amide bonds. The van der Waals surface area contributed by atoms with E-state index >= 15 is 0 Å². The van der Waals surface area contributed by atoms with Crippen LogP contribution in [0.3, 0.4) is 0 Å². The first-order valence-electron chi connectivity index (χ1n) is 37.0. The summed E-state index contributed by atoms with van der Waals surface area (Å²) < 4.78 is 68.1. The molecule has 0 saturated carbocycles. The van der Waals surface area contributed by atoms with E-state index < -0.39 is 97.5 Å². The number of unbranched alkanes of at least 4 members (excludes halogenated alkanes) is 39. The molecule has 0 aromatic carbocycles. The van der Waals surface area contributed by atoms with Gasteiger partial charge in [-0.15, -0.1) is 0 Å². The summed E-state index contributed by atoms with van der Waals surface area (Å²) in [6.45, 7) is 9.44. The second-order valence-electron chi connectivity index (χ2n) is 26.3. The molecule has 534 valence electrons. The standard InChI is InChI=1S/C71H138O17P2/c1-7-10-12-14-15-16-17-18-19-20-21-22-27-30-33-36-43-49-55-70(75)87-67(60-82-69(74)54-48-42-35-32-29-26-24-23-25-28-31-34-40-45-51-63(4)5)62-86-90(79,80)84-58-65(72)57-83-89(77,78)85-61-66(59-81-68(73)53-47-39-13-11-8-2)88-71(76)56-50-44-38-37-41-46-52-64(6)9-3/h63-67,72H,7-62H2,1-6H3,(H,77,78)(H,79,80)/t64?,65-,66+,67+/m0/s1. The van der Waals surface area contributed by atoms with Crippen LogP contribution in [0.1, 0.15) is 363 Å². The first-order valence-corrected chi connectivity index (χ1v) is 40.0. The van der Waals surface area contributed by atoms with E-state index in [1.54, 1.807) is 0 Å². The Morgan fingerprint density at radius 1 is 0.322 bits per heavy atom. The van der Waals surface area contributed by atoms with Crippen molar-refractivity contribution >= 4 is 39.5 Å². The van der Waals surface area contributed by atoms with Crippen LogP contribution in [0.2, 0.25) is 0 Å². The maximum Gasteiger partial charge on any atom is 0.472 e. The highest BCUT2D eigenvalue weighted by Crippen LogP contribution is 2.45. The van der Waals surface area contributed by atoms with Crippen molar-refractivity contribution in [2.75, 3.05) is 39.6 Å². The second kappa shape index (κ2) is 63.1. The van der Waals surface area contributed by atoms with E-state index in [4.69, 9.17) is 37.0 Å². The van der Waals surface area contributed by atoms with E-state index in [0.29, 0.717) is 25.7 Å². The lowest BCUT2D eigenvalue weighted by Crippen LogP contribution is -2.30. The highest BCUT2D eigenvalue weighted by atomic mass is 31.2. The molecule has 0 spiro atoms. The number of hydrogen-bond donors (Lipinski definition) is 3. The van der Waals surface area contributed by atoms with Crippen molar-refractivity contribution in [3.8, 4) is 0 Å². The minimum atomic E-state index is -4.95.